The van der Waals surface area contributed by atoms with Crippen molar-refractivity contribution in [1.82, 2.24) is 4.57 Å². The molecule has 20 heavy (non-hydrogen) atoms. The van der Waals surface area contributed by atoms with E-state index >= 15 is 0 Å². The number of hydrogen-bond acceptors (Lipinski definition) is 2. The maximum absolute atomic E-state index is 12.1. The Bertz CT molecular complexity index is 602. The molecule has 0 aliphatic heterocycles. The quantitative estimate of drug-likeness (QED) is 0.874. The third-order valence-electron chi connectivity index (χ3n) is 3.55. The van der Waals surface area contributed by atoms with Crippen molar-refractivity contribution in [3.63, 3.8) is 0 Å². The zero-order valence-corrected chi connectivity index (χ0v) is 12.0. The fourth-order valence-electron chi connectivity index (χ4n) is 2.43. The number of benzene rings is 1. The van der Waals surface area contributed by atoms with Crippen molar-refractivity contribution in [2.45, 2.75) is 32.7 Å². The lowest BCUT2D eigenvalue weighted by molar-refractivity contribution is 0.657. The second-order valence-electron chi connectivity index (χ2n) is 4.98. The third-order valence-corrected chi connectivity index (χ3v) is 3.55. The van der Waals surface area contributed by atoms with Gasteiger partial charge >= 0.3 is 0 Å². The highest BCUT2D eigenvalue weighted by molar-refractivity contribution is 5.20. The number of hydrogen-bond donors (Lipinski definition) is 1. The smallest absolute Gasteiger partial charge is 0.185 e. The number of rotatable bonds is 6. The van der Waals surface area contributed by atoms with E-state index in [9.17, 15) is 4.79 Å². The summed E-state index contributed by atoms with van der Waals surface area (Å²) in [6.45, 7) is 3.42. The summed E-state index contributed by atoms with van der Waals surface area (Å²) in [5, 5.41) is 0. The first-order valence-electron chi connectivity index (χ1n) is 7.20. The van der Waals surface area contributed by atoms with Crippen LogP contribution in [0.3, 0.4) is 0 Å². The Hall–Kier alpha value is -1.87. The van der Waals surface area contributed by atoms with Gasteiger partial charge in [0.05, 0.1) is 0 Å². The van der Waals surface area contributed by atoms with Crippen LogP contribution < -0.4 is 11.2 Å². The van der Waals surface area contributed by atoms with Crippen molar-refractivity contribution in [2.24, 2.45) is 5.73 Å². The zero-order chi connectivity index (χ0) is 14.4. The maximum Gasteiger partial charge on any atom is 0.185 e. The molecule has 2 aromatic rings. The van der Waals surface area contributed by atoms with Crippen LogP contribution in [0.25, 0.3) is 0 Å². The second-order valence-corrected chi connectivity index (χ2v) is 4.98. The lowest BCUT2D eigenvalue weighted by Crippen LogP contribution is -2.20. The molecule has 0 saturated carbocycles. The Morgan fingerprint density at radius 3 is 2.55 bits per heavy atom. The van der Waals surface area contributed by atoms with Gasteiger partial charge in [-0.2, -0.15) is 0 Å². The molecular weight excluding hydrogens is 248 g/mol. The molecule has 0 aliphatic carbocycles. The molecule has 3 nitrogen and oxygen atoms in total. The summed E-state index contributed by atoms with van der Waals surface area (Å²) in [7, 11) is 0. The summed E-state index contributed by atoms with van der Waals surface area (Å²) in [5.41, 5.74) is 8.98. The van der Waals surface area contributed by atoms with E-state index < -0.39 is 0 Å². The third kappa shape index (κ3) is 3.58. The van der Waals surface area contributed by atoms with E-state index in [1.54, 1.807) is 6.07 Å². The Labute approximate surface area is 120 Å². The van der Waals surface area contributed by atoms with Crippen molar-refractivity contribution in [3.8, 4) is 0 Å². The van der Waals surface area contributed by atoms with Crippen LogP contribution in [-0.4, -0.2) is 11.1 Å². The minimum absolute atomic E-state index is 0.144. The van der Waals surface area contributed by atoms with Gasteiger partial charge in [0.15, 0.2) is 5.43 Å². The van der Waals surface area contributed by atoms with E-state index in [0.29, 0.717) is 6.54 Å². The molecule has 2 N–H and O–H groups in total. The van der Waals surface area contributed by atoms with E-state index in [1.165, 1.54) is 5.56 Å². The lowest BCUT2D eigenvalue weighted by Gasteiger charge is -2.13. The fourth-order valence-corrected chi connectivity index (χ4v) is 2.43. The summed E-state index contributed by atoms with van der Waals surface area (Å²) < 4.78 is 2.11. The summed E-state index contributed by atoms with van der Waals surface area (Å²) in [4.78, 5) is 12.1. The molecule has 1 aromatic heterocycles. The van der Waals surface area contributed by atoms with E-state index in [-0.39, 0.29) is 5.43 Å². The zero-order valence-electron chi connectivity index (χ0n) is 12.0. The van der Waals surface area contributed by atoms with Crippen molar-refractivity contribution in [2.75, 3.05) is 6.54 Å². The van der Waals surface area contributed by atoms with Crippen LogP contribution in [0.4, 0.5) is 0 Å². The molecule has 0 bridgehead atoms. The molecule has 0 saturated heterocycles. The van der Waals surface area contributed by atoms with Crippen LogP contribution in [0.1, 0.15) is 23.7 Å². The van der Waals surface area contributed by atoms with Gasteiger partial charge in [-0.25, -0.2) is 0 Å². The van der Waals surface area contributed by atoms with E-state index in [0.717, 1.165) is 37.1 Å². The lowest BCUT2D eigenvalue weighted by atomic mass is 10.0. The van der Waals surface area contributed by atoms with Gasteiger partial charge in [0, 0.05) is 36.6 Å². The first-order valence-corrected chi connectivity index (χ1v) is 7.20. The van der Waals surface area contributed by atoms with Crippen LogP contribution in [0.2, 0.25) is 0 Å². The van der Waals surface area contributed by atoms with Gasteiger partial charge in [0.1, 0.15) is 0 Å². The summed E-state index contributed by atoms with van der Waals surface area (Å²) in [6.07, 6.45) is 4.51. The summed E-state index contributed by atoms with van der Waals surface area (Å²) in [6, 6.07) is 12.0. The van der Waals surface area contributed by atoms with Gasteiger partial charge in [-0.15, -0.1) is 0 Å². The Kier molecular flexibility index (Phi) is 5.13. The molecule has 0 unspecified atom stereocenters. The molecule has 0 aliphatic rings. The Balaban J connectivity index is 2.19. The Morgan fingerprint density at radius 1 is 1.15 bits per heavy atom. The molecule has 0 fully saturated rings. The Morgan fingerprint density at radius 2 is 1.90 bits per heavy atom. The van der Waals surface area contributed by atoms with Crippen molar-refractivity contribution in [1.29, 1.82) is 0 Å². The minimum atomic E-state index is 0.144. The molecule has 3 heteroatoms. The summed E-state index contributed by atoms with van der Waals surface area (Å²) in [5.74, 6) is 0. The number of pyridine rings is 1. The predicted molar refractivity (Wildman–Crippen MR) is 83.0 cm³/mol. The normalized spacial score (nSPS) is 10.7. The second kappa shape index (κ2) is 7.06. The molecule has 0 spiro atoms. The maximum atomic E-state index is 12.1. The number of aromatic nitrogens is 1. The number of nitrogens with two attached hydrogens (primary N) is 1. The van der Waals surface area contributed by atoms with Crippen LogP contribution in [0.15, 0.2) is 47.4 Å². The highest BCUT2D eigenvalue weighted by Crippen LogP contribution is 2.06. The van der Waals surface area contributed by atoms with Gasteiger partial charge in [-0.1, -0.05) is 37.3 Å². The van der Waals surface area contributed by atoms with E-state index in [2.05, 4.69) is 23.6 Å². The first-order chi connectivity index (χ1) is 9.74. The van der Waals surface area contributed by atoms with Crippen LogP contribution >= 0.6 is 0 Å². The number of nitrogens with zero attached hydrogens (tertiary/aromatic N) is 1. The molecule has 2 rings (SSSR count). The average Bonchev–Trinajstić information content (AvgIpc) is 2.48. The molecule has 0 atom stereocenters. The standard InChI is InChI=1S/C17H22N2O/c1-2-16-12-17(20)15(13-19(16)11-10-18)9-8-14-6-4-3-5-7-14/h3-7,12-13H,2,8-11,18H2,1H3. The van der Waals surface area contributed by atoms with Gasteiger partial charge in [0.2, 0.25) is 0 Å². The van der Waals surface area contributed by atoms with Gasteiger partial charge in [-0.05, 0) is 24.8 Å². The van der Waals surface area contributed by atoms with E-state index in [4.69, 9.17) is 5.73 Å². The predicted octanol–water partition coefficient (Wildman–Crippen LogP) is 2.15. The molecule has 0 radical (unpaired) electrons. The van der Waals surface area contributed by atoms with Gasteiger partial charge < -0.3 is 10.3 Å². The topological polar surface area (TPSA) is 48.0 Å². The average molecular weight is 270 g/mol. The molecule has 0 amide bonds. The van der Waals surface area contributed by atoms with Crippen LogP contribution in [0.5, 0.6) is 0 Å². The highest BCUT2D eigenvalue weighted by Gasteiger charge is 2.05. The monoisotopic (exact) mass is 270 g/mol. The van der Waals surface area contributed by atoms with Crippen LogP contribution in [0, 0.1) is 0 Å². The molecule has 106 valence electrons. The van der Waals surface area contributed by atoms with Gasteiger partial charge in [-0.3, -0.25) is 4.79 Å². The molecule has 1 aromatic carbocycles. The molecule has 1 heterocycles. The van der Waals surface area contributed by atoms with Crippen molar-refractivity contribution < 1.29 is 0 Å². The largest absolute Gasteiger partial charge is 0.350 e. The van der Waals surface area contributed by atoms with Gasteiger partial charge in [0.25, 0.3) is 0 Å². The first kappa shape index (κ1) is 14.5. The SMILES string of the molecule is CCc1cc(=O)c(CCc2ccccc2)cn1CCN. The fraction of sp³-hybridized carbons (Fsp3) is 0.353. The van der Waals surface area contributed by atoms with Crippen molar-refractivity contribution >= 4 is 0 Å². The van der Waals surface area contributed by atoms with Crippen LogP contribution in [-0.2, 0) is 25.8 Å². The molecular formula is C17H22N2O. The highest BCUT2D eigenvalue weighted by atomic mass is 16.1. The van der Waals surface area contributed by atoms with E-state index in [1.807, 2.05) is 24.4 Å². The van der Waals surface area contributed by atoms with Crippen molar-refractivity contribution in [3.05, 3.63) is 69.6 Å². The minimum Gasteiger partial charge on any atom is -0.350 e. The number of aryl methyl sites for hydroxylation is 3. The summed E-state index contributed by atoms with van der Waals surface area (Å²) >= 11 is 0.